The molecule has 3 nitrogen and oxygen atoms in total. The van der Waals surface area contributed by atoms with Crippen molar-refractivity contribution in [3.05, 3.63) is 0 Å². The van der Waals surface area contributed by atoms with Crippen LogP contribution in [-0.2, 0) is 4.79 Å². The number of carboxylic acid groups (broad SMARTS) is 1. The third kappa shape index (κ3) is 5.17. The first-order chi connectivity index (χ1) is 7.22. The summed E-state index contributed by atoms with van der Waals surface area (Å²) in [5.74, 6) is -0.295. The Kier molecular flexibility index (Phi) is 5.69. The number of aliphatic carboxylic acids is 1. The van der Waals surface area contributed by atoms with E-state index in [0.29, 0.717) is 12.3 Å². The molecule has 0 aromatic heterocycles. The fraction of sp³-hybridized carbons (Fsp3) is 0.917. The maximum Gasteiger partial charge on any atom is 0.303 e. The minimum Gasteiger partial charge on any atom is -0.481 e. The molecule has 15 heavy (non-hydrogen) atoms. The molecule has 1 unspecified atom stereocenters. The quantitative estimate of drug-likeness (QED) is 0.736. The third-order valence-electron chi connectivity index (χ3n) is 3.13. The first-order valence-corrected chi connectivity index (χ1v) is 6.16. The van der Waals surface area contributed by atoms with Crippen LogP contribution in [0.5, 0.6) is 0 Å². The van der Waals surface area contributed by atoms with Gasteiger partial charge in [-0.15, -0.1) is 0 Å². The van der Waals surface area contributed by atoms with E-state index in [1.54, 1.807) is 0 Å². The maximum absolute atomic E-state index is 10.7. The number of nitrogens with zero attached hydrogens (tertiary/aromatic N) is 1. The second-order valence-corrected chi connectivity index (χ2v) is 4.61. The van der Waals surface area contributed by atoms with Gasteiger partial charge in [0.15, 0.2) is 0 Å². The van der Waals surface area contributed by atoms with Gasteiger partial charge in [0, 0.05) is 13.0 Å². The highest BCUT2D eigenvalue weighted by atomic mass is 16.4. The molecule has 0 aromatic carbocycles. The van der Waals surface area contributed by atoms with Gasteiger partial charge in [0.2, 0.25) is 0 Å². The van der Waals surface area contributed by atoms with E-state index in [0.717, 1.165) is 19.4 Å². The van der Waals surface area contributed by atoms with Crippen LogP contribution in [0.15, 0.2) is 0 Å². The normalized spacial score (nSPS) is 20.1. The van der Waals surface area contributed by atoms with Crippen LogP contribution in [0.25, 0.3) is 0 Å². The predicted molar refractivity (Wildman–Crippen MR) is 60.9 cm³/mol. The number of piperidine rings is 1. The van der Waals surface area contributed by atoms with Crippen LogP contribution in [0, 0.1) is 5.92 Å². The first-order valence-electron chi connectivity index (χ1n) is 6.16. The van der Waals surface area contributed by atoms with Gasteiger partial charge >= 0.3 is 5.97 Å². The Hall–Kier alpha value is -0.570. The van der Waals surface area contributed by atoms with Crippen molar-refractivity contribution < 1.29 is 9.90 Å². The Morgan fingerprint density at radius 2 is 2.00 bits per heavy atom. The van der Waals surface area contributed by atoms with Gasteiger partial charge < -0.3 is 10.0 Å². The van der Waals surface area contributed by atoms with Gasteiger partial charge in [-0.2, -0.15) is 0 Å². The molecule has 1 aliphatic rings. The molecule has 1 aliphatic heterocycles. The predicted octanol–water partition coefficient (Wildman–Crippen LogP) is 2.36. The molecule has 1 heterocycles. The van der Waals surface area contributed by atoms with Crippen LogP contribution >= 0.6 is 0 Å². The molecule has 3 heteroatoms. The molecule has 0 aliphatic carbocycles. The molecule has 0 amide bonds. The zero-order valence-corrected chi connectivity index (χ0v) is 9.74. The second kappa shape index (κ2) is 6.83. The Morgan fingerprint density at radius 1 is 1.33 bits per heavy atom. The summed E-state index contributed by atoms with van der Waals surface area (Å²) >= 11 is 0. The van der Waals surface area contributed by atoms with E-state index in [2.05, 4.69) is 11.8 Å². The highest BCUT2D eigenvalue weighted by Gasteiger charge is 2.18. The lowest BCUT2D eigenvalue weighted by atomic mass is 9.98. The van der Waals surface area contributed by atoms with Gasteiger partial charge in [-0.25, -0.2) is 0 Å². The van der Waals surface area contributed by atoms with Crippen LogP contribution in [0.2, 0.25) is 0 Å². The summed E-state index contributed by atoms with van der Waals surface area (Å²) in [6, 6.07) is 0. The molecule has 0 saturated carbocycles. The first kappa shape index (κ1) is 12.5. The average Bonchev–Trinajstić information content (AvgIpc) is 2.18. The fourth-order valence-electron chi connectivity index (χ4n) is 2.42. The minimum atomic E-state index is -0.648. The Labute approximate surface area is 92.5 Å². The van der Waals surface area contributed by atoms with Gasteiger partial charge in [-0.05, 0) is 38.3 Å². The van der Waals surface area contributed by atoms with E-state index in [1.165, 1.54) is 32.4 Å². The van der Waals surface area contributed by atoms with Crippen molar-refractivity contribution in [3.8, 4) is 0 Å². The largest absolute Gasteiger partial charge is 0.481 e. The molecule has 1 atom stereocenters. The number of hydrogen-bond acceptors (Lipinski definition) is 2. The topological polar surface area (TPSA) is 40.5 Å². The molecule has 88 valence electrons. The van der Waals surface area contributed by atoms with Crippen molar-refractivity contribution in [3.63, 3.8) is 0 Å². The SMILES string of the molecule is CCCC(CC(=O)O)CN1CCCCC1. The van der Waals surface area contributed by atoms with Crippen LogP contribution in [-0.4, -0.2) is 35.6 Å². The molecule has 0 aromatic rings. The summed E-state index contributed by atoms with van der Waals surface area (Å²) in [5, 5.41) is 8.82. The van der Waals surface area contributed by atoms with Gasteiger partial charge in [0.1, 0.15) is 0 Å². The number of carboxylic acids is 1. The van der Waals surface area contributed by atoms with Crippen LogP contribution in [0.4, 0.5) is 0 Å². The molecule has 1 rings (SSSR count). The van der Waals surface area contributed by atoms with E-state index in [1.807, 2.05) is 0 Å². The zero-order valence-electron chi connectivity index (χ0n) is 9.74. The molecule has 1 saturated heterocycles. The Balaban J connectivity index is 2.31. The standard InChI is InChI=1S/C12H23NO2/c1-2-6-11(9-12(14)15)10-13-7-4-3-5-8-13/h11H,2-10H2,1H3,(H,14,15). The number of rotatable bonds is 6. The minimum absolute atomic E-state index is 0.338. The summed E-state index contributed by atoms with van der Waals surface area (Å²) in [7, 11) is 0. The molecule has 1 fully saturated rings. The van der Waals surface area contributed by atoms with Crippen molar-refractivity contribution >= 4 is 5.97 Å². The van der Waals surface area contributed by atoms with Crippen molar-refractivity contribution in [2.24, 2.45) is 5.92 Å². The van der Waals surface area contributed by atoms with Gasteiger partial charge in [-0.3, -0.25) is 4.79 Å². The molecule has 0 spiro atoms. The maximum atomic E-state index is 10.7. The number of carbonyl (C=O) groups is 1. The highest BCUT2D eigenvalue weighted by molar-refractivity contribution is 5.67. The second-order valence-electron chi connectivity index (χ2n) is 4.61. The van der Waals surface area contributed by atoms with Crippen LogP contribution < -0.4 is 0 Å². The monoisotopic (exact) mass is 213 g/mol. The van der Waals surface area contributed by atoms with Crippen molar-refractivity contribution in [1.29, 1.82) is 0 Å². The summed E-state index contributed by atoms with van der Waals surface area (Å²) in [4.78, 5) is 13.1. The summed E-state index contributed by atoms with van der Waals surface area (Å²) in [6.07, 6.45) is 6.38. The molecule has 1 N–H and O–H groups in total. The van der Waals surface area contributed by atoms with Crippen molar-refractivity contribution in [2.75, 3.05) is 19.6 Å². The summed E-state index contributed by atoms with van der Waals surface area (Å²) in [5.41, 5.74) is 0. The van der Waals surface area contributed by atoms with Crippen molar-refractivity contribution in [1.82, 2.24) is 4.90 Å². The number of hydrogen-bond donors (Lipinski definition) is 1. The van der Waals surface area contributed by atoms with Crippen LogP contribution in [0.1, 0.15) is 45.4 Å². The lowest BCUT2D eigenvalue weighted by Gasteiger charge is -2.29. The van der Waals surface area contributed by atoms with E-state index in [9.17, 15) is 4.79 Å². The van der Waals surface area contributed by atoms with Gasteiger partial charge in [0.05, 0.1) is 0 Å². The van der Waals surface area contributed by atoms with Gasteiger partial charge in [0.25, 0.3) is 0 Å². The summed E-state index contributed by atoms with van der Waals surface area (Å²) < 4.78 is 0. The van der Waals surface area contributed by atoms with E-state index in [-0.39, 0.29) is 0 Å². The van der Waals surface area contributed by atoms with E-state index in [4.69, 9.17) is 5.11 Å². The molecule has 0 radical (unpaired) electrons. The Bertz CT molecular complexity index is 188. The summed E-state index contributed by atoms with van der Waals surface area (Å²) in [6.45, 7) is 5.45. The van der Waals surface area contributed by atoms with Gasteiger partial charge in [-0.1, -0.05) is 19.8 Å². The molecular weight excluding hydrogens is 190 g/mol. The van der Waals surface area contributed by atoms with E-state index < -0.39 is 5.97 Å². The van der Waals surface area contributed by atoms with Crippen molar-refractivity contribution in [2.45, 2.75) is 45.4 Å². The smallest absolute Gasteiger partial charge is 0.303 e. The average molecular weight is 213 g/mol. The third-order valence-corrected chi connectivity index (χ3v) is 3.13. The molecular formula is C12H23NO2. The lowest BCUT2D eigenvalue weighted by Crippen LogP contribution is -2.34. The Morgan fingerprint density at radius 3 is 2.53 bits per heavy atom. The molecule has 0 bridgehead atoms. The zero-order chi connectivity index (χ0) is 11.1. The van der Waals surface area contributed by atoms with E-state index >= 15 is 0 Å². The van der Waals surface area contributed by atoms with Crippen LogP contribution in [0.3, 0.4) is 0 Å². The highest BCUT2D eigenvalue weighted by Crippen LogP contribution is 2.16. The fourth-order valence-corrected chi connectivity index (χ4v) is 2.42. The lowest BCUT2D eigenvalue weighted by molar-refractivity contribution is -0.138. The number of likely N-dealkylation sites (tertiary alicyclic amines) is 1.